The highest BCUT2D eigenvalue weighted by Gasteiger charge is 2.13. The highest BCUT2D eigenvalue weighted by Crippen LogP contribution is 2.29. The molecule has 0 aliphatic rings. The van der Waals surface area contributed by atoms with Gasteiger partial charge in [-0.05, 0) is 37.6 Å². The standard InChI is InChI=1S/C17H16N4O2S/c1-10-6-16-18-19-17(24-9-12-7-11(2)23-20-12)21(16)15-8-13(22-3)4-5-14(10)15/h4-8H,9H2,1-3H3. The Morgan fingerprint density at radius 1 is 1.17 bits per heavy atom. The van der Waals surface area contributed by atoms with Crippen molar-refractivity contribution in [3.63, 3.8) is 0 Å². The highest BCUT2D eigenvalue weighted by molar-refractivity contribution is 7.98. The van der Waals surface area contributed by atoms with Crippen LogP contribution in [0.4, 0.5) is 0 Å². The van der Waals surface area contributed by atoms with E-state index >= 15 is 0 Å². The summed E-state index contributed by atoms with van der Waals surface area (Å²) in [7, 11) is 1.67. The van der Waals surface area contributed by atoms with Gasteiger partial charge >= 0.3 is 0 Å². The van der Waals surface area contributed by atoms with E-state index in [0.29, 0.717) is 5.75 Å². The summed E-state index contributed by atoms with van der Waals surface area (Å²) >= 11 is 1.58. The molecule has 7 heteroatoms. The number of rotatable bonds is 4. The van der Waals surface area contributed by atoms with E-state index in [0.717, 1.165) is 44.5 Å². The maximum Gasteiger partial charge on any atom is 0.196 e. The van der Waals surface area contributed by atoms with E-state index in [1.54, 1.807) is 18.9 Å². The number of aryl methyl sites for hydroxylation is 2. The van der Waals surface area contributed by atoms with Crippen LogP contribution in [0.2, 0.25) is 0 Å². The van der Waals surface area contributed by atoms with Crippen molar-refractivity contribution in [1.82, 2.24) is 19.8 Å². The van der Waals surface area contributed by atoms with Crippen molar-refractivity contribution in [1.29, 1.82) is 0 Å². The number of nitrogens with zero attached hydrogens (tertiary/aromatic N) is 4. The lowest BCUT2D eigenvalue weighted by Crippen LogP contribution is -1.94. The Kier molecular flexibility index (Phi) is 3.65. The Morgan fingerprint density at radius 2 is 2.04 bits per heavy atom. The molecule has 6 nitrogen and oxygen atoms in total. The van der Waals surface area contributed by atoms with Crippen LogP contribution in [0.15, 0.2) is 40.0 Å². The Hall–Kier alpha value is -2.54. The van der Waals surface area contributed by atoms with Crippen LogP contribution < -0.4 is 4.74 Å². The fourth-order valence-electron chi connectivity index (χ4n) is 2.75. The van der Waals surface area contributed by atoms with Gasteiger partial charge in [0.1, 0.15) is 11.5 Å². The zero-order chi connectivity index (χ0) is 16.7. The molecule has 0 amide bonds. The second kappa shape index (κ2) is 5.83. The van der Waals surface area contributed by atoms with Crippen molar-refractivity contribution in [3.05, 3.63) is 47.3 Å². The lowest BCUT2D eigenvalue weighted by Gasteiger charge is -2.09. The molecular formula is C17H16N4O2S. The van der Waals surface area contributed by atoms with Crippen molar-refractivity contribution in [2.45, 2.75) is 24.8 Å². The van der Waals surface area contributed by atoms with Crippen LogP contribution in [0.5, 0.6) is 5.75 Å². The molecule has 0 saturated heterocycles. The molecule has 0 bridgehead atoms. The second-order valence-electron chi connectivity index (χ2n) is 5.60. The van der Waals surface area contributed by atoms with E-state index in [4.69, 9.17) is 9.26 Å². The zero-order valence-electron chi connectivity index (χ0n) is 13.6. The smallest absolute Gasteiger partial charge is 0.196 e. The van der Waals surface area contributed by atoms with Gasteiger partial charge in [-0.1, -0.05) is 16.9 Å². The first-order chi connectivity index (χ1) is 11.7. The first kappa shape index (κ1) is 15.0. The van der Waals surface area contributed by atoms with E-state index in [1.807, 2.05) is 31.2 Å². The van der Waals surface area contributed by atoms with Crippen molar-refractivity contribution in [3.8, 4) is 5.75 Å². The van der Waals surface area contributed by atoms with Crippen LogP contribution in [0.25, 0.3) is 16.6 Å². The molecule has 0 fully saturated rings. The Morgan fingerprint density at radius 3 is 2.79 bits per heavy atom. The SMILES string of the molecule is COc1ccc2c(C)cc3nnc(SCc4cc(C)on4)n3c2c1. The molecule has 0 unspecified atom stereocenters. The summed E-state index contributed by atoms with van der Waals surface area (Å²) in [5, 5.41) is 14.7. The van der Waals surface area contributed by atoms with Crippen LogP contribution in [-0.4, -0.2) is 26.9 Å². The van der Waals surface area contributed by atoms with Gasteiger partial charge in [-0.15, -0.1) is 10.2 Å². The average Bonchev–Trinajstić information content (AvgIpc) is 3.18. The third-order valence-corrected chi connectivity index (χ3v) is 4.86. The minimum atomic E-state index is 0.678. The molecule has 0 atom stereocenters. The average molecular weight is 340 g/mol. The fourth-order valence-corrected chi connectivity index (χ4v) is 3.58. The fraction of sp³-hybridized carbons (Fsp3) is 0.235. The number of methoxy groups -OCH3 is 1. The molecular weight excluding hydrogens is 324 g/mol. The summed E-state index contributed by atoms with van der Waals surface area (Å²) in [6, 6.07) is 10.0. The number of benzene rings is 1. The normalized spacial score (nSPS) is 11.5. The molecule has 3 heterocycles. The maximum atomic E-state index is 5.38. The summed E-state index contributed by atoms with van der Waals surface area (Å²) in [5.41, 5.74) is 3.92. The minimum Gasteiger partial charge on any atom is -0.497 e. The predicted octanol–water partition coefficient (Wildman–Crippen LogP) is 3.79. The van der Waals surface area contributed by atoms with E-state index in [1.165, 1.54) is 0 Å². The molecule has 0 spiro atoms. The Bertz CT molecular complexity index is 1040. The molecule has 122 valence electrons. The lowest BCUT2D eigenvalue weighted by atomic mass is 10.1. The van der Waals surface area contributed by atoms with Crippen molar-refractivity contribution in [2.75, 3.05) is 7.11 Å². The molecule has 0 aliphatic carbocycles. The molecule has 3 aromatic heterocycles. The highest BCUT2D eigenvalue weighted by atomic mass is 32.2. The third-order valence-electron chi connectivity index (χ3n) is 3.90. The monoisotopic (exact) mass is 340 g/mol. The first-order valence-electron chi connectivity index (χ1n) is 7.53. The van der Waals surface area contributed by atoms with Crippen LogP contribution in [0, 0.1) is 13.8 Å². The van der Waals surface area contributed by atoms with Gasteiger partial charge in [-0.25, -0.2) is 0 Å². The van der Waals surface area contributed by atoms with E-state index in [2.05, 4.69) is 32.7 Å². The number of thioether (sulfide) groups is 1. The minimum absolute atomic E-state index is 0.678. The van der Waals surface area contributed by atoms with Gasteiger partial charge in [0.2, 0.25) is 0 Å². The Labute approximate surface area is 142 Å². The van der Waals surface area contributed by atoms with Gasteiger partial charge in [0.15, 0.2) is 10.8 Å². The third kappa shape index (κ3) is 2.50. The predicted molar refractivity (Wildman–Crippen MR) is 92.6 cm³/mol. The second-order valence-corrected chi connectivity index (χ2v) is 6.55. The van der Waals surface area contributed by atoms with Crippen LogP contribution in [0.1, 0.15) is 17.0 Å². The van der Waals surface area contributed by atoms with Crippen LogP contribution >= 0.6 is 11.8 Å². The molecule has 4 rings (SSSR count). The van der Waals surface area contributed by atoms with E-state index in [-0.39, 0.29) is 0 Å². The van der Waals surface area contributed by atoms with Crippen molar-refractivity contribution < 1.29 is 9.26 Å². The van der Waals surface area contributed by atoms with E-state index < -0.39 is 0 Å². The van der Waals surface area contributed by atoms with Crippen LogP contribution in [-0.2, 0) is 5.75 Å². The molecule has 1 aromatic carbocycles. The number of aromatic nitrogens is 4. The summed E-state index contributed by atoms with van der Waals surface area (Å²) in [4.78, 5) is 0. The summed E-state index contributed by atoms with van der Waals surface area (Å²) in [5.74, 6) is 2.30. The molecule has 0 N–H and O–H groups in total. The number of ether oxygens (including phenoxy) is 1. The van der Waals surface area contributed by atoms with Gasteiger partial charge in [0.05, 0.1) is 18.3 Å². The van der Waals surface area contributed by atoms with Gasteiger partial charge < -0.3 is 9.26 Å². The summed E-state index contributed by atoms with van der Waals surface area (Å²) < 4.78 is 12.5. The number of fused-ring (bicyclic) bond motifs is 3. The lowest BCUT2D eigenvalue weighted by molar-refractivity contribution is 0.393. The topological polar surface area (TPSA) is 65.5 Å². The zero-order valence-corrected chi connectivity index (χ0v) is 14.4. The molecule has 0 radical (unpaired) electrons. The first-order valence-corrected chi connectivity index (χ1v) is 8.52. The van der Waals surface area contributed by atoms with E-state index in [9.17, 15) is 0 Å². The molecule has 4 aromatic rings. The molecule has 0 aliphatic heterocycles. The van der Waals surface area contributed by atoms with Gasteiger partial charge in [-0.2, -0.15) is 0 Å². The van der Waals surface area contributed by atoms with Gasteiger partial charge in [0, 0.05) is 23.3 Å². The van der Waals surface area contributed by atoms with Crippen molar-refractivity contribution in [2.24, 2.45) is 0 Å². The number of pyridine rings is 1. The Balaban J connectivity index is 1.82. The molecule has 0 saturated carbocycles. The summed E-state index contributed by atoms with van der Waals surface area (Å²) in [6.07, 6.45) is 0. The maximum absolute atomic E-state index is 5.38. The summed E-state index contributed by atoms with van der Waals surface area (Å²) in [6.45, 7) is 3.96. The van der Waals surface area contributed by atoms with Crippen LogP contribution in [0.3, 0.4) is 0 Å². The van der Waals surface area contributed by atoms with Gasteiger partial charge in [0.25, 0.3) is 0 Å². The molecule has 24 heavy (non-hydrogen) atoms. The van der Waals surface area contributed by atoms with Gasteiger partial charge in [-0.3, -0.25) is 4.40 Å². The number of hydrogen-bond acceptors (Lipinski definition) is 6. The largest absolute Gasteiger partial charge is 0.497 e. The quantitative estimate of drug-likeness (QED) is 0.527. The van der Waals surface area contributed by atoms with Crippen molar-refractivity contribution >= 4 is 28.3 Å². The number of hydrogen-bond donors (Lipinski definition) is 0.